The molecule has 0 saturated heterocycles. The van der Waals surface area contributed by atoms with E-state index < -0.39 is 18.1 Å². The Labute approximate surface area is 218 Å². The van der Waals surface area contributed by atoms with Gasteiger partial charge in [0.15, 0.2) is 0 Å². The van der Waals surface area contributed by atoms with Gasteiger partial charge in [-0.15, -0.1) is 0 Å². The molecule has 0 aromatic heterocycles. The van der Waals surface area contributed by atoms with Crippen LogP contribution in [-0.2, 0) is 0 Å². The number of benzene rings is 3. The van der Waals surface area contributed by atoms with Crippen LogP contribution in [0.3, 0.4) is 0 Å². The summed E-state index contributed by atoms with van der Waals surface area (Å²) in [5.74, 6) is 0.937. The standard InChI is InChI=1S/C29H37N3O5/c1-21(31-17-24(33)19-36-26-8-4-2-5-9-26)16-28(22-12-14-23(15-13-22)29(30)35)32-18-25(34)20-37-27-10-6-3-7-11-27/h2-15,21,24-25,28,31-34H,16-20H2,1H3,(H2,30,35)/t21?,24-,25-,28?/m0/s1. The van der Waals surface area contributed by atoms with Crippen LogP contribution in [0.15, 0.2) is 84.9 Å². The average molecular weight is 508 g/mol. The Kier molecular flexibility index (Phi) is 11.4. The van der Waals surface area contributed by atoms with Gasteiger partial charge in [0.25, 0.3) is 0 Å². The van der Waals surface area contributed by atoms with Crippen molar-refractivity contribution in [3.05, 3.63) is 96.1 Å². The molecule has 1 amide bonds. The third-order valence-corrected chi connectivity index (χ3v) is 5.86. The molecule has 0 spiro atoms. The quantitative estimate of drug-likeness (QED) is 0.202. The highest BCUT2D eigenvalue weighted by Crippen LogP contribution is 2.20. The van der Waals surface area contributed by atoms with Crippen LogP contribution < -0.4 is 25.8 Å². The van der Waals surface area contributed by atoms with Gasteiger partial charge in [0.05, 0.1) is 0 Å². The van der Waals surface area contributed by atoms with Crippen LogP contribution in [0.4, 0.5) is 0 Å². The summed E-state index contributed by atoms with van der Waals surface area (Å²) >= 11 is 0. The first kappa shape index (κ1) is 28.1. The third kappa shape index (κ3) is 10.2. The van der Waals surface area contributed by atoms with E-state index in [0.29, 0.717) is 36.6 Å². The molecule has 0 heterocycles. The number of carbonyl (C=O) groups excluding carboxylic acids is 1. The summed E-state index contributed by atoms with van der Waals surface area (Å²) in [5.41, 5.74) is 6.78. The van der Waals surface area contributed by atoms with Crippen LogP contribution in [0.2, 0.25) is 0 Å². The van der Waals surface area contributed by atoms with Gasteiger partial charge in [-0.2, -0.15) is 0 Å². The van der Waals surface area contributed by atoms with Crippen LogP contribution in [-0.4, -0.2) is 60.7 Å². The first-order chi connectivity index (χ1) is 17.9. The van der Waals surface area contributed by atoms with Gasteiger partial charge in [0.1, 0.15) is 36.9 Å². The zero-order valence-electron chi connectivity index (χ0n) is 21.1. The molecule has 3 rings (SSSR count). The second-order valence-electron chi connectivity index (χ2n) is 9.05. The van der Waals surface area contributed by atoms with Gasteiger partial charge in [-0.1, -0.05) is 48.5 Å². The van der Waals surface area contributed by atoms with Crippen molar-refractivity contribution in [3.63, 3.8) is 0 Å². The normalized spacial score (nSPS) is 14.4. The molecule has 0 bridgehead atoms. The molecule has 3 aromatic rings. The van der Waals surface area contributed by atoms with Crippen molar-refractivity contribution in [2.45, 2.75) is 37.6 Å². The summed E-state index contributed by atoms with van der Waals surface area (Å²) < 4.78 is 11.3. The molecule has 8 nitrogen and oxygen atoms in total. The van der Waals surface area contributed by atoms with E-state index in [1.807, 2.05) is 79.7 Å². The molecule has 0 aliphatic carbocycles. The van der Waals surface area contributed by atoms with Gasteiger partial charge in [-0.05, 0) is 55.3 Å². The number of rotatable bonds is 16. The molecule has 37 heavy (non-hydrogen) atoms. The van der Waals surface area contributed by atoms with E-state index in [1.54, 1.807) is 12.1 Å². The number of aliphatic hydroxyl groups is 2. The molecule has 8 heteroatoms. The number of nitrogens with two attached hydrogens (primary N) is 1. The Morgan fingerprint density at radius 3 is 1.76 bits per heavy atom. The van der Waals surface area contributed by atoms with Crippen molar-refractivity contribution in [2.75, 3.05) is 26.3 Å². The zero-order chi connectivity index (χ0) is 26.5. The Hall–Kier alpha value is -3.43. The number of hydrogen-bond acceptors (Lipinski definition) is 7. The number of carbonyl (C=O) groups is 1. The van der Waals surface area contributed by atoms with Crippen molar-refractivity contribution in [2.24, 2.45) is 5.73 Å². The number of hydrogen-bond donors (Lipinski definition) is 5. The van der Waals surface area contributed by atoms with E-state index in [9.17, 15) is 15.0 Å². The number of para-hydroxylation sites is 2. The monoisotopic (exact) mass is 507 g/mol. The average Bonchev–Trinajstić information content (AvgIpc) is 2.93. The minimum atomic E-state index is -0.715. The summed E-state index contributed by atoms with van der Waals surface area (Å²) in [6.45, 7) is 3.07. The van der Waals surface area contributed by atoms with E-state index in [0.717, 1.165) is 5.56 Å². The van der Waals surface area contributed by atoms with Gasteiger partial charge in [-0.3, -0.25) is 4.79 Å². The Morgan fingerprint density at radius 1 is 0.784 bits per heavy atom. The molecule has 2 unspecified atom stereocenters. The lowest BCUT2D eigenvalue weighted by Crippen LogP contribution is -2.40. The van der Waals surface area contributed by atoms with Crippen molar-refractivity contribution in [1.29, 1.82) is 0 Å². The largest absolute Gasteiger partial charge is 0.491 e. The molecule has 198 valence electrons. The van der Waals surface area contributed by atoms with Crippen molar-refractivity contribution >= 4 is 5.91 Å². The van der Waals surface area contributed by atoms with E-state index >= 15 is 0 Å². The highest BCUT2D eigenvalue weighted by atomic mass is 16.5. The zero-order valence-corrected chi connectivity index (χ0v) is 21.1. The van der Waals surface area contributed by atoms with Gasteiger partial charge in [-0.25, -0.2) is 0 Å². The Morgan fingerprint density at radius 2 is 1.27 bits per heavy atom. The van der Waals surface area contributed by atoms with Gasteiger partial charge >= 0.3 is 0 Å². The first-order valence-electron chi connectivity index (χ1n) is 12.5. The topological polar surface area (TPSA) is 126 Å². The minimum absolute atomic E-state index is 0.0393. The maximum atomic E-state index is 11.5. The second-order valence-corrected chi connectivity index (χ2v) is 9.05. The fraction of sp³-hybridized carbons (Fsp3) is 0.345. The smallest absolute Gasteiger partial charge is 0.248 e. The highest BCUT2D eigenvalue weighted by Gasteiger charge is 2.18. The van der Waals surface area contributed by atoms with Crippen molar-refractivity contribution in [3.8, 4) is 11.5 Å². The summed E-state index contributed by atoms with van der Waals surface area (Å²) in [6, 6.07) is 25.8. The maximum Gasteiger partial charge on any atom is 0.248 e. The van der Waals surface area contributed by atoms with Crippen LogP contribution in [0.5, 0.6) is 11.5 Å². The summed E-state index contributed by atoms with van der Waals surface area (Å²) in [4.78, 5) is 11.5. The van der Waals surface area contributed by atoms with Crippen LogP contribution in [0.25, 0.3) is 0 Å². The molecular formula is C29H37N3O5. The molecule has 0 saturated carbocycles. The molecule has 0 aliphatic heterocycles. The predicted octanol–water partition coefficient (Wildman–Crippen LogP) is 2.66. The minimum Gasteiger partial charge on any atom is -0.491 e. The first-order valence-corrected chi connectivity index (χ1v) is 12.5. The number of aliphatic hydroxyl groups excluding tert-OH is 2. The molecular weight excluding hydrogens is 470 g/mol. The van der Waals surface area contributed by atoms with Gasteiger partial charge < -0.3 is 36.1 Å². The highest BCUT2D eigenvalue weighted by molar-refractivity contribution is 5.92. The predicted molar refractivity (Wildman–Crippen MR) is 144 cm³/mol. The fourth-order valence-corrected chi connectivity index (χ4v) is 3.81. The molecule has 0 aliphatic rings. The molecule has 0 radical (unpaired) electrons. The van der Waals surface area contributed by atoms with E-state index in [-0.39, 0.29) is 25.3 Å². The lowest BCUT2D eigenvalue weighted by atomic mass is 9.98. The van der Waals surface area contributed by atoms with Crippen molar-refractivity contribution in [1.82, 2.24) is 10.6 Å². The Bertz CT molecular complexity index is 1050. The van der Waals surface area contributed by atoms with Gasteiger partial charge in [0.2, 0.25) is 5.91 Å². The number of ether oxygens (including phenoxy) is 2. The lowest BCUT2D eigenvalue weighted by molar-refractivity contribution is 0.0995. The van der Waals surface area contributed by atoms with E-state index in [2.05, 4.69) is 10.6 Å². The summed E-state index contributed by atoms with van der Waals surface area (Å²) in [5, 5.41) is 27.6. The SMILES string of the molecule is CC(CC(NC[C@H](O)COc1ccccc1)c1ccc(C(N)=O)cc1)NC[C@H](O)COc1ccccc1. The summed E-state index contributed by atoms with van der Waals surface area (Å²) in [6.07, 6.45) is -0.706. The Balaban J connectivity index is 1.52. The van der Waals surface area contributed by atoms with Crippen molar-refractivity contribution < 1.29 is 24.5 Å². The second kappa shape index (κ2) is 15.0. The molecule has 6 N–H and O–H groups in total. The fourth-order valence-electron chi connectivity index (χ4n) is 3.81. The van der Waals surface area contributed by atoms with E-state index in [1.165, 1.54) is 0 Å². The number of primary amides is 1. The number of nitrogens with one attached hydrogen (secondary N) is 2. The molecule has 0 fully saturated rings. The third-order valence-electron chi connectivity index (χ3n) is 5.86. The van der Waals surface area contributed by atoms with Crippen LogP contribution in [0, 0.1) is 0 Å². The number of amides is 1. The van der Waals surface area contributed by atoms with Crippen LogP contribution >= 0.6 is 0 Å². The maximum absolute atomic E-state index is 11.5. The molecule has 4 atom stereocenters. The van der Waals surface area contributed by atoms with E-state index in [4.69, 9.17) is 15.2 Å². The molecule has 3 aromatic carbocycles. The summed E-state index contributed by atoms with van der Waals surface area (Å²) in [7, 11) is 0. The van der Waals surface area contributed by atoms with Gasteiger partial charge in [0, 0.05) is 30.7 Å². The van der Waals surface area contributed by atoms with Crippen LogP contribution in [0.1, 0.15) is 35.3 Å². The lowest BCUT2D eigenvalue weighted by Gasteiger charge is -2.26.